The molecule has 1 heterocycles. The van der Waals surface area contributed by atoms with Gasteiger partial charge in [-0.2, -0.15) is 0 Å². The molecule has 0 unspecified atom stereocenters. The van der Waals surface area contributed by atoms with Crippen molar-refractivity contribution in [3.63, 3.8) is 0 Å². The lowest BCUT2D eigenvalue weighted by Crippen LogP contribution is -2.01. The van der Waals surface area contributed by atoms with Crippen molar-refractivity contribution in [1.82, 2.24) is 4.98 Å². The molecule has 0 amide bonds. The molecule has 0 N–H and O–H groups in total. The van der Waals surface area contributed by atoms with Crippen molar-refractivity contribution in [2.75, 3.05) is 7.11 Å². The first-order valence-electron chi connectivity index (χ1n) is 3.67. The Bertz CT molecular complexity index is 333. The second-order valence-corrected chi connectivity index (χ2v) is 3.85. The Hall–Kier alpha value is -0.230. The van der Waals surface area contributed by atoms with Crippen LogP contribution >= 0.6 is 31.9 Å². The molecule has 0 aromatic carbocycles. The lowest BCUT2D eigenvalue weighted by atomic mass is 10.2. The fourth-order valence-electron chi connectivity index (χ4n) is 1.06. The van der Waals surface area contributed by atoms with E-state index in [1.54, 1.807) is 0 Å². The largest absolute Gasteiger partial charge is 0.495 e. The van der Waals surface area contributed by atoms with Crippen LogP contribution in [0.5, 0.6) is 5.75 Å². The molecule has 14 heavy (non-hydrogen) atoms. The van der Waals surface area contributed by atoms with E-state index in [1.807, 2.05) is 0 Å². The van der Waals surface area contributed by atoms with E-state index in [0.29, 0.717) is 10.2 Å². The monoisotopic (exact) mass is 329 g/mol. The fourth-order valence-corrected chi connectivity index (χ4v) is 1.99. The molecule has 0 aliphatic rings. The van der Waals surface area contributed by atoms with Crippen LogP contribution in [0.2, 0.25) is 0 Å². The molecule has 0 aliphatic carbocycles. The second kappa shape index (κ2) is 5.02. The maximum atomic E-state index is 12.7. The van der Waals surface area contributed by atoms with Gasteiger partial charge in [0.05, 0.1) is 22.8 Å². The molecule has 0 spiro atoms. The fraction of sp³-hybridized carbons (Fsp3) is 0.375. The van der Waals surface area contributed by atoms with Crippen LogP contribution in [0.1, 0.15) is 17.7 Å². The summed E-state index contributed by atoms with van der Waals surface area (Å²) in [6.07, 6.45) is -1.15. The van der Waals surface area contributed by atoms with E-state index in [4.69, 9.17) is 4.74 Å². The Morgan fingerprint density at radius 3 is 2.64 bits per heavy atom. The first-order valence-corrected chi connectivity index (χ1v) is 5.58. The van der Waals surface area contributed by atoms with Crippen LogP contribution in [-0.2, 0) is 5.33 Å². The first kappa shape index (κ1) is 11.8. The highest BCUT2D eigenvalue weighted by Crippen LogP contribution is 2.37. The summed E-state index contributed by atoms with van der Waals surface area (Å²) in [6.45, 7) is 0. The maximum Gasteiger partial charge on any atom is 0.269 e. The number of halogens is 4. The standard InChI is InChI=1S/C8H7Br2F2NO/c1-14-7-4(10)3-13-5(2-9)6(7)8(11)12/h3,8H,2H2,1H3. The van der Waals surface area contributed by atoms with Crippen molar-refractivity contribution >= 4 is 31.9 Å². The van der Waals surface area contributed by atoms with Gasteiger partial charge in [0.25, 0.3) is 6.43 Å². The minimum atomic E-state index is -2.59. The van der Waals surface area contributed by atoms with Crippen LogP contribution in [0, 0.1) is 0 Å². The number of ether oxygens (including phenoxy) is 1. The van der Waals surface area contributed by atoms with E-state index in [9.17, 15) is 8.78 Å². The second-order valence-electron chi connectivity index (χ2n) is 2.43. The average molecular weight is 331 g/mol. The normalized spacial score (nSPS) is 10.7. The van der Waals surface area contributed by atoms with Crippen LogP contribution in [0.25, 0.3) is 0 Å². The molecule has 2 nitrogen and oxygen atoms in total. The van der Waals surface area contributed by atoms with Gasteiger partial charge in [0, 0.05) is 11.5 Å². The zero-order valence-corrected chi connectivity index (χ0v) is 10.4. The first-order chi connectivity index (χ1) is 6.61. The third-order valence-corrected chi connectivity index (χ3v) is 2.75. The molecule has 6 heteroatoms. The minimum absolute atomic E-state index is 0.143. The predicted molar refractivity (Wildman–Crippen MR) is 56.1 cm³/mol. The Balaban J connectivity index is 3.36. The van der Waals surface area contributed by atoms with Crippen LogP contribution in [0.4, 0.5) is 8.78 Å². The number of alkyl halides is 3. The highest BCUT2D eigenvalue weighted by atomic mass is 79.9. The average Bonchev–Trinajstić information content (AvgIpc) is 2.17. The lowest BCUT2D eigenvalue weighted by molar-refractivity contribution is 0.145. The van der Waals surface area contributed by atoms with Crippen LogP contribution in [0.15, 0.2) is 10.7 Å². The van der Waals surface area contributed by atoms with E-state index in [0.717, 1.165) is 0 Å². The van der Waals surface area contributed by atoms with Gasteiger partial charge in [-0.3, -0.25) is 4.98 Å². The van der Waals surface area contributed by atoms with Gasteiger partial charge in [0.1, 0.15) is 5.75 Å². The van der Waals surface area contributed by atoms with Gasteiger partial charge in [0.2, 0.25) is 0 Å². The van der Waals surface area contributed by atoms with Gasteiger partial charge in [-0.15, -0.1) is 0 Å². The molecule has 1 rings (SSSR count). The highest BCUT2D eigenvalue weighted by molar-refractivity contribution is 9.10. The molecular weight excluding hydrogens is 324 g/mol. The van der Waals surface area contributed by atoms with Gasteiger partial charge >= 0.3 is 0 Å². The lowest BCUT2D eigenvalue weighted by Gasteiger charge is -2.12. The van der Waals surface area contributed by atoms with Gasteiger partial charge in [-0.05, 0) is 15.9 Å². The SMILES string of the molecule is COc1c(Br)cnc(CBr)c1C(F)F. The number of pyridine rings is 1. The van der Waals surface area contributed by atoms with E-state index >= 15 is 0 Å². The molecule has 1 aromatic heterocycles. The molecule has 1 aromatic rings. The summed E-state index contributed by atoms with van der Waals surface area (Å²) in [5.41, 5.74) is 0.124. The Labute approximate surface area is 96.9 Å². The molecule has 0 saturated heterocycles. The molecule has 0 saturated carbocycles. The molecule has 0 fully saturated rings. The van der Waals surface area contributed by atoms with Crippen molar-refractivity contribution in [3.8, 4) is 5.75 Å². The molecule has 0 radical (unpaired) electrons. The van der Waals surface area contributed by atoms with Crippen LogP contribution < -0.4 is 4.74 Å². The molecule has 0 aliphatic heterocycles. The van der Waals surface area contributed by atoms with Gasteiger partial charge in [-0.1, -0.05) is 15.9 Å². The van der Waals surface area contributed by atoms with E-state index in [2.05, 4.69) is 36.8 Å². The number of nitrogens with zero attached hydrogens (tertiary/aromatic N) is 1. The number of hydrogen-bond donors (Lipinski definition) is 0. The minimum Gasteiger partial charge on any atom is -0.495 e. The quantitative estimate of drug-likeness (QED) is 0.789. The van der Waals surface area contributed by atoms with Crippen molar-refractivity contribution in [2.24, 2.45) is 0 Å². The van der Waals surface area contributed by atoms with Gasteiger partial charge in [-0.25, -0.2) is 8.78 Å². The number of rotatable bonds is 3. The summed E-state index contributed by atoms with van der Waals surface area (Å²) >= 11 is 6.20. The van der Waals surface area contributed by atoms with E-state index in [1.165, 1.54) is 13.3 Å². The molecular formula is C8H7Br2F2NO. The predicted octanol–water partition coefficient (Wildman–Crippen LogP) is 3.69. The summed E-state index contributed by atoms with van der Waals surface area (Å²) in [5, 5.41) is 0.274. The van der Waals surface area contributed by atoms with E-state index in [-0.39, 0.29) is 16.6 Å². The van der Waals surface area contributed by atoms with Crippen molar-refractivity contribution in [1.29, 1.82) is 0 Å². The third kappa shape index (κ3) is 2.23. The number of hydrogen-bond acceptors (Lipinski definition) is 2. The molecule has 0 atom stereocenters. The van der Waals surface area contributed by atoms with Gasteiger partial charge in [0.15, 0.2) is 0 Å². The van der Waals surface area contributed by atoms with E-state index < -0.39 is 6.43 Å². The smallest absolute Gasteiger partial charge is 0.269 e. The Kier molecular flexibility index (Phi) is 4.25. The summed E-state index contributed by atoms with van der Waals surface area (Å²) in [6, 6.07) is 0. The summed E-state index contributed by atoms with van der Waals surface area (Å²) in [4.78, 5) is 3.87. The van der Waals surface area contributed by atoms with Crippen LogP contribution in [-0.4, -0.2) is 12.1 Å². The number of methoxy groups -OCH3 is 1. The van der Waals surface area contributed by atoms with Crippen molar-refractivity contribution < 1.29 is 13.5 Å². The maximum absolute atomic E-state index is 12.7. The highest BCUT2D eigenvalue weighted by Gasteiger charge is 2.21. The molecule has 78 valence electrons. The van der Waals surface area contributed by atoms with Gasteiger partial charge < -0.3 is 4.74 Å². The van der Waals surface area contributed by atoms with Crippen LogP contribution in [0.3, 0.4) is 0 Å². The summed E-state index contributed by atoms with van der Waals surface area (Å²) in [7, 11) is 1.35. The zero-order valence-electron chi connectivity index (χ0n) is 7.23. The summed E-state index contributed by atoms with van der Waals surface area (Å²) in [5.74, 6) is 0.143. The van der Waals surface area contributed by atoms with Crippen molar-refractivity contribution in [3.05, 3.63) is 21.9 Å². The Morgan fingerprint density at radius 1 is 1.57 bits per heavy atom. The number of aromatic nitrogens is 1. The topological polar surface area (TPSA) is 22.1 Å². The zero-order chi connectivity index (χ0) is 10.7. The molecule has 0 bridgehead atoms. The third-order valence-electron chi connectivity index (χ3n) is 1.66. The summed E-state index contributed by atoms with van der Waals surface area (Å²) < 4.78 is 30.7. The van der Waals surface area contributed by atoms with Crippen molar-refractivity contribution in [2.45, 2.75) is 11.8 Å². The Morgan fingerprint density at radius 2 is 2.21 bits per heavy atom.